The number of carbonyl (C=O) groups is 1. The van der Waals surface area contributed by atoms with Crippen LogP contribution in [0.5, 0.6) is 0 Å². The van der Waals surface area contributed by atoms with Crippen molar-refractivity contribution in [2.75, 3.05) is 19.6 Å². The van der Waals surface area contributed by atoms with Crippen LogP contribution in [0.25, 0.3) is 0 Å². The number of carboxylic acid groups (broad SMARTS) is 1. The molecule has 2 atom stereocenters. The summed E-state index contributed by atoms with van der Waals surface area (Å²) in [7, 11) is 0. The zero-order valence-electron chi connectivity index (χ0n) is 13.3. The standard InChI is InChI=1S/C16H17F6NO2/c1-9(7-23-5-4-10(8-23)14(24)25)12-6-11(15(17,18)19)2-3-13(12)16(20,21)22/h2-3,6,9-10H,4-5,7-8H2,1H3,(H,24,25)/t9-,10?/m1/s1. The molecule has 1 aliphatic heterocycles. The van der Waals surface area contributed by atoms with Crippen molar-refractivity contribution >= 4 is 5.97 Å². The first kappa shape index (κ1) is 19.6. The molecular formula is C16H17F6NO2. The summed E-state index contributed by atoms with van der Waals surface area (Å²) in [4.78, 5) is 12.6. The van der Waals surface area contributed by atoms with Gasteiger partial charge in [0.1, 0.15) is 0 Å². The highest BCUT2D eigenvalue weighted by Crippen LogP contribution is 2.39. The van der Waals surface area contributed by atoms with Gasteiger partial charge in [0.15, 0.2) is 0 Å². The molecule has 1 saturated heterocycles. The summed E-state index contributed by atoms with van der Waals surface area (Å²) in [5, 5.41) is 8.96. The highest BCUT2D eigenvalue weighted by Gasteiger charge is 2.38. The van der Waals surface area contributed by atoms with E-state index in [9.17, 15) is 31.1 Å². The molecule has 1 aromatic rings. The Bertz CT molecular complexity index is 640. The first-order valence-electron chi connectivity index (χ1n) is 7.63. The zero-order valence-corrected chi connectivity index (χ0v) is 13.3. The number of aliphatic carboxylic acids is 1. The molecule has 1 unspecified atom stereocenters. The summed E-state index contributed by atoms with van der Waals surface area (Å²) >= 11 is 0. The summed E-state index contributed by atoms with van der Waals surface area (Å²) in [6.45, 7) is 2.05. The van der Waals surface area contributed by atoms with Crippen LogP contribution >= 0.6 is 0 Å². The molecule has 1 heterocycles. The molecule has 0 saturated carbocycles. The van der Waals surface area contributed by atoms with Gasteiger partial charge in [-0.15, -0.1) is 0 Å². The molecule has 0 amide bonds. The lowest BCUT2D eigenvalue weighted by molar-refractivity contribution is -0.142. The summed E-state index contributed by atoms with van der Waals surface area (Å²) in [5.74, 6) is -2.41. The van der Waals surface area contributed by atoms with Crippen LogP contribution in [0.2, 0.25) is 0 Å². The van der Waals surface area contributed by atoms with Crippen LogP contribution in [0.1, 0.15) is 36.0 Å². The van der Waals surface area contributed by atoms with Crippen LogP contribution in [0.4, 0.5) is 26.3 Å². The maximum atomic E-state index is 13.1. The SMILES string of the molecule is C[C@H](CN1CCC(C(=O)O)C1)c1cc(C(F)(F)F)ccc1C(F)(F)F. The van der Waals surface area contributed by atoms with Crippen LogP contribution in [0, 0.1) is 5.92 Å². The van der Waals surface area contributed by atoms with Gasteiger partial charge in [-0.1, -0.05) is 6.92 Å². The lowest BCUT2D eigenvalue weighted by atomic mass is 9.92. The lowest BCUT2D eigenvalue weighted by Gasteiger charge is -2.24. The predicted molar refractivity (Wildman–Crippen MR) is 77.0 cm³/mol. The van der Waals surface area contributed by atoms with E-state index in [0.717, 1.165) is 0 Å². The maximum Gasteiger partial charge on any atom is 0.416 e. The Balaban J connectivity index is 2.27. The number of halogens is 6. The highest BCUT2D eigenvalue weighted by molar-refractivity contribution is 5.70. The Morgan fingerprint density at radius 3 is 2.36 bits per heavy atom. The van der Waals surface area contributed by atoms with Crippen molar-refractivity contribution in [2.24, 2.45) is 5.92 Å². The van der Waals surface area contributed by atoms with Crippen LogP contribution in [0.3, 0.4) is 0 Å². The molecule has 0 aliphatic carbocycles. The Morgan fingerprint density at radius 2 is 1.88 bits per heavy atom. The second-order valence-electron chi connectivity index (χ2n) is 6.28. The van der Waals surface area contributed by atoms with Gasteiger partial charge in [0, 0.05) is 13.1 Å². The van der Waals surface area contributed by atoms with E-state index in [1.807, 2.05) is 0 Å². The van der Waals surface area contributed by atoms with Crippen molar-refractivity contribution in [3.8, 4) is 0 Å². The number of benzene rings is 1. The molecule has 0 radical (unpaired) electrons. The minimum atomic E-state index is -4.76. The molecule has 0 bridgehead atoms. The normalized spacial score (nSPS) is 20.7. The van der Waals surface area contributed by atoms with Crippen LogP contribution in [-0.4, -0.2) is 35.6 Å². The third-order valence-corrected chi connectivity index (χ3v) is 4.37. The van der Waals surface area contributed by atoms with E-state index < -0.39 is 46.8 Å². The molecule has 2 rings (SSSR count). The lowest BCUT2D eigenvalue weighted by Crippen LogP contribution is -2.28. The maximum absolute atomic E-state index is 13.1. The van der Waals surface area contributed by atoms with Crippen molar-refractivity contribution < 1.29 is 36.2 Å². The third-order valence-electron chi connectivity index (χ3n) is 4.37. The van der Waals surface area contributed by atoms with E-state index in [1.54, 1.807) is 4.90 Å². The monoisotopic (exact) mass is 369 g/mol. The van der Waals surface area contributed by atoms with Gasteiger partial charge >= 0.3 is 18.3 Å². The number of nitrogens with zero attached hydrogens (tertiary/aromatic N) is 1. The minimum absolute atomic E-state index is 0.0637. The van der Waals surface area contributed by atoms with Gasteiger partial charge in [-0.3, -0.25) is 4.79 Å². The first-order valence-corrected chi connectivity index (χ1v) is 7.63. The molecule has 0 spiro atoms. The molecule has 1 N–H and O–H groups in total. The number of hydrogen-bond donors (Lipinski definition) is 1. The van der Waals surface area contributed by atoms with E-state index in [0.29, 0.717) is 31.2 Å². The Morgan fingerprint density at radius 1 is 1.24 bits per heavy atom. The summed E-state index contributed by atoms with van der Waals surface area (Å²) in [5.41, 5.74) is -2.66. The molecule has 1 aromatic carbocycles. The van der Waals surface area contributed by atoms with E-state index in [-0.39, 0.29) is 13.1 Å². The van der Waals surface area contributed by atoms with Gasteiger partial charge < -0.3 is 10.0 Å². The van der Waals surface area contributed by atoms with E-state index in [1.165, 1.54) is 6.92 Å². The van der Waals surface area contributed by atoms with Gasteiger partial charge in [-0.25, -0.2) is 0 Å². The Hall–Kier alpha value is -1.77. The van der Waals surface area contributed by atoms with Crippen LogP contribution < -0.4 is 0 Å². The largest absolute Gasteiger partial charge is 0.481 e. The predicted octanol–water partition coefficient (Wildman–Crippen LogP) is 4.23. The van der Waals surface area contributed by atoms with Crippen molar-refractivity contribution in [3.05, 3.63) is 34.9 Å². The van der Waals surface area contributed by atoms with Gasteiger partial charge in [-0.05, 0) is 42.6 Å². The number of alkyl halides is 6. The first-order chi connectivity index (χ1) is 11.4. The summed E-state index contributed by atoms with van der Waals surface area (Å²) < 4.78 is 78.0. The van der Waals surface area contributed by atoms with Crippen molar-refractivity contribution in [1.82, 2.24) is 4.90 Å². The molecule has 1 aliphatic rings. The fourth-order valence-electron chi connectivity index (χ4n) is 3.09. The van der Waals surface area contributed by atoms with Crippen LogP contribution in [0.15, 0.2) is 18.2 Å². The number of likely N-dealkylation sites (tertiary alicyclic amines) is 1. The number of hydrogen-bond acceptors (Lipinski definition) is 2. The quantitative estimate of drug-likeness (QED) is 0.808. The number of rotatable bonds is 4. The fourth-order valence-corrected chi connectivity index (χ4v) is 3.09. The van der Waals surface area contributed by atoms with E-state index in [4.69, 9.17) is 5.11 Å². The molecule has 3 nitrogen and oxygen atoms in total. The topological polar surface area (TPSA) is 40.5 Å². The molecule has 1 fully saturated rings. The molecule has 0 aromatic heterocycles. The smallest absolute Gasteiger partial charge is 0.416 e. The van der Waals surface area contributed by atoms with Crippen molar-refractivity contribution in [2.45, 2.75) is 31.6 Å². The van der Waals surface area contributed by atoms with E-state index in [2.05, 4.69) is 0 Å². The van der Waals surface area contributed by atoms with E-state index >= 15 is 0 Å². The highest BCUT2D eigenvalue weighted by atomic mass is 19.4. The summed E-state index contributed by atoms with van der Waals surface area (Å²) in [6, 6.07) is 1.42. The average Bonchev–Trinajstić information content (AvgIpc) is 2.93. The zero-order chi connectivity index (χ0) is 19.0. The minimum Gasteiger partial charge on any atom is -0.481 e. The second kappa shape index (κ2) is 6.86. The molecule has 9 heteroatoms. The van der Waals surface area contributed by atoms with Crippen molar-refractivity contribution in [1.29, 1.82) is 0 Å². The van der Waals surface area contributed by atoms with Crippen molar-refractivity contribution in [3.63, 3.8) is 0 Å². The van der Waals surface area contributed by atoms with Gasteiger partial charge in [0.25, 0.3) is 0 Å². The fraction of sp³-hybridized carbons (Fsp3) is 0.562. The average molecular weight is 369 g/mol. The Labute approximate surface area is 140 Å². The third kappa shape index (κ3) is 4.65. The Kier molecular flexibility index (Phi) is 5.36. The molecule has 25 heavy (non-hydrogen) atoms. The summed E-state index contributed by atoms with van der Waals surface area (Å²) in [6.07, 6.45) is -9.13. The van der Waals surface area contributed by atoms with Gasteiger partial charge in [-0.2, -0.15) is 26.3 Å². The molecular weight excluding hydrogens is 352 g/mol. The van der Waals surface area contributed by atoms with Gasteiger partial charge in [0.2, 0.25) is 0 Å². The number of carboxylic acids is 1. The van der Waals surface area contributed by atoms with Crippen LogP contribution in [-0.2, 0) is 17.1 Å². The second-order valence-corrected chi connectivity index (χ2v) is 6.28. The van der Waals surface area contributed by atoms with Gasteiger partial charge in [0.05, 0.1) is 17.0 Å². The molecule has 140 valence electrons.